The number of fused-ring (bicyclic) bond motifs is 10. The average Bonchev–Trinajstić information content (AvgIpc) is 3.76. The molecule has 0 saturated carbocycles. The van der Waals surface area contributed by atoms with Crippen molar-refractivity contribution < 1.29 is 0 Å². The zero-order valence-electron chi connectivity index (χ0n) is 24.3. The minimum absolute atomic E-state index is 1.16. The van der Waals surface area contributed by atoms with Crippen LogP contribution in [0.2, 0.25) is 0 Å². The standard InChI is InChI=1S/C42H26N2S/c1-2-11-27(12-3-1)28-13-10-14-29(25-28)44-36-18-7-4-15-31(36)33-22-23-38-41(42(33)44)34-17-5-8-19-37(34)43(38)30-21-24-40-35(26-30)32-16-6-9-20-39(32)45-40/h1-26H. The Morgan fingerprint density at radius 2 is 1.02 bits per heavy atom. The van der Waals surface area contributed by atoms with Gasteiger partial charge < -0.3 is 9.13 Å². The van der Waals surface area contributed by atoms with Crippen molar-refractivity contribution in [3.05, 3.63) is 158 Å². The van der Waals surface area contributed by atoms with Gasteiger partial charge in [0.25, 0.3) is 0 Å². The molecule has 0 spiro atoms. The predicted octanol–water partition coefficient (Wildman–Crippen LogP) is 11.9. The van der Waals surface area contributed by atoms with E-state index in [4.69, 9.17) is 0 Å². The summed E-state index contributed by atoms with van der Waals surface area (Å²) < 4.78 is 7.59. The summed E-state index contributed by atoms with van der Waals surface area (Å²) in [6.07, 6.45) is 0. The highest BCUT2D eigenvalue weighted by Crippen LogP contribution is 2.43. The zero-order chi connectivity index (χ0) is 29.5. The molecule has 0 atom stereocenters. The highest BCUT2D eigenvalue weighted by atomic mass is 32.1. The van der Waals surface area contributed by atoms with E-state index in [2.05, 4.69) is 167 Å². The molecule has 0 amide bonds. The molecule has 0 aliphatic carbocycles. The largest absolute Gasteiger partial charge is 0.309 e. The van der Waals surface area contributed by atoms with E-state index < -0.39 is 0 Å². The Bertz CT molecular complexity index is 2760. The molecule has 0 bridgehead atoms. The molecule has 10 aromatic rings. The van der Waals surface area contributed by atoms with Crippen LogP contribution in [0.3, 0.4) is 0 Å². The summed E-state index contributed by atoms with van der Waals surface area (Å²) in [7, 11) is 0. The lowest BCUT2D eigenvalue weighted by atomic mass is 10.0. The molecule has 45 heavy (non-hydrogen) atoms. The maximum Gasteiger partial charge on any atom is 0.0641 e. The van der Waals surface area contributed by atoms with Gasteiger partial charge in [0.05, 0.1) is 22.1 Å². The lowest BCUT2D eigenvalue weighted by Crippen LogP contribution is -1.96. The Kier molecular flexibility index (Phi) is 5.19. The van der Waals surface area contributed by atoms with Gasteiger partial charge in [-0.25, -0.2) is 0 Å². The molecule has 210 valence electrons. The first-order valence-corrected chi connectivity index (χ1v) is 16.2. The number of aromatic nitrogens is 2. The van der Waals surface area contributed by atoms with Crippen LogP contribution in [0.25, 0.3) is 86.3 Å². The quantitative estimate of drug-likeness (QED) is 0.194. The molecule has 10 rings (SSSR count). The van der Waals surface area contributed by atoms with Gasteiger partial charge in [0.2, 0.25) is 0 Å². The van der Waals surface area contributed by atoms with Crippen LogP contribution in [0.4, 0.5) is 0 Å². The third-order valence-electron chi connectivity index (χ3n) is 9.30. The van der Waals surface area contributed by atoms with Crippen LogP contribution >= 0.6 is 11.3 Å². The summed E-state index contributed by atoms with van der Waals surface area (Å²) >= 11 is 1.87. The predicted molar refractivity (Wildman–Crippen MR) is 193 cm³/mol. The van der Waals surface area contributed by atoms with Gasteiger partial charge in [0.15, 0.2) is 0 Å². The fraction of sp³-hybridized carbons (Fsp3) is 0. The van der Waals surface area contributed by atoms with Crippen molar-refractivity contribution in [2.45, 2.75) is 0 Å². The van der Waals surface area contributed by atoms with Gasteiger partial charge in [-0.3, -0.25) is 0 Å². The topological polar surface area (TPSA) is 9.86 Å². The second kappa shape index (κ2) is 9.43. The normalized spacial score (nSPS) is 12.0. The number of hydrogen-bond acceptors (Lipinski definition) is 1. The Hall–Kier alpha value is -5.64. The van der Waals surface area contributed by atoms with E-state index in [-0.39, 0.29) is 0 Å². The van der Waals surface area contributed by atoms with Gasteiger partial charge >= 0.3 is 0 Å². The third kappa shape index (κ3) is 3.56. The summed E-state index contributed by atoms with van der Waals surface area (Å²) in [5.41, 5.74) is 9.68. The minimum Gasteiger partial charge on any atom is -0.309 e. The number of nitrogens with zero attached hydrogens (tertiary/aromatic N) is 2. The molecular formula is C42H26N2S. The molecule has 0 aliphatic heterocycles. The summed E-state index contributed by atoms with van der Waals surface area (Å²) in [5.74, 6) is 0. The van der Waals surface area contributed by atoms with Gasteiger partial charge in [-0.05, 0) is 65.7 Å². The van der Waals surface area contributed by atoms with E-state index in [1.54, 1.807) is 0 Å². The van der Waals surface area contributed by atoms with Crippen molar-refractivity contribution in [3.8, 4) is 22.5 Å². The van der Waals surface area contributed by atoms with Crippen molar-refractivity contribution in [2.24, 2.45) is 0 Å². The molecule has 0 radical (unpaired) electrons. The van der Waals surface area contributed by atoms with Gasteiger partial charge in [-0.15, -0.1) is 11.3 Å². The van der Waals surface area contributed by atoms with E-state index >= 15 is 0 Å². The smallest absolute Gasteiger partial charge is 0.0641 e. The first-order valence-electron chi connectivity index (χ1n) is 15.4. The molecule has 0 fully saturated rings. The third-order valence-corrected chi connectivity index (χ3v) is 10.5. The molecule has 0 N–H and O–H groups in total. The SMILES string of the molecule is c1ccc(-c2cccc(-n3c4ccccc4c4ccc5c(c6ccccc6n5-c5ccc6sc7ccccc7c6c5)c43)c2)cc1. The van der Waals surface area contributed by atoms with Crippen LogP contribution in [0.5, 0.6) is 0 Å². The lowest BCUT2D eigenvalue weighted by Gasteiger charge is -2.12. The molecular weight excluding hydrogens is 565 g/mol. The van der Waals surface area contributed by atoms with E-state index in [9.17, 15) is 0 Å². The van der Waals surface area contributed by atoms with E-state index in [1.165, 1.54) is 80.6 Å². The van der Waals surface area contributed by atoms with Crippen molar-refractivity contribution in [3.63, 3.8) is 0 Å². The van der Waals surface area contributed by atoms with Crippen LogP contribution in [0, 0.1) is 0 Å². The maximum atomic E-state index is 2.48. The Morgan fingerprint density at radius 1 is 0.356 bits per heavy atom. The molecule has 0 unspecified atom stereocenters. The van der Waals surface area contributed by atoms with Crippen LogP contribution < -0.4 is 0 Å². The van der Waals surface area contributed by atoms with Crippen LogP contribution in [0.1, 0.15) is 0 Å². The molecule has 0 aliphatic rings. The van der Waals surface area contributed by atoms with Crippen LogP contribution in [-0.4, -0.2) is 9.13 Å². The molecule has 7 aromatic carbocycles. The molecule has 3 aromatic heterocycles. The molecule has 3 heteroatoms. The second-order valence-electron chi connectivity index (χ2n) is 11.8. The Labute approximate surface area is 263 Å². The lowest BCUT2D eigenvalue weighted by molar-refractivity contribution is 1.18. The van der Waals surface area contributed by atoms with Gasteiger partial charge in [-0.2, -0.15) is 0 Å². The number of rotatable bonds is 3. The number of benzene rings is 7. The van der Waals surface area contributed by atoms with E-state index in [1.807, 2.05) is 11.3 Å². The van der Waals surface area contributed by atoms with E-state index in [0.29, 0.717) is 0 Å². The van der Waals surface area contributed by atoms with Crippen LogP contribution in [0.15, 0.2) is 158 Å². The van der Waals surface area contributed by atoms with Gasteiger partial charge in [0, 0.05) is 53.1 Å². The van der Waals surface area contributed by atoms with Crippen molar-refractivity contribution in [1.29, 1.82) is 0 Å². The Balaban J connectivity index is 1.33. The van der Waals surface area contributed by atoms with Gasteiger partial charge in [0.1, 0.15) is 0 Å². The molecule has 0 saturated heterocycles. The summed E-state index contributed by atoms with van der Waals surface area (Å²) in [6, 6.07) is 57.7. The van der Waals surface area contributed by atoms with Gasteiger partial charge in [-0.1, -0.05) is 103 Å². The fourth-order valence-electron chi connectivity index (χ4n) is 7.36. The minimum atomic E-state index is 1.16. The number of hydrogen-bond donors (Lipinski definition) is 0. The monoisotopic (exact) mass is 590 g/mol. The average molecular weight is 591 g/mol. The first-order chi connectivity index (χ1) is 22.3. The highest BCUT2D eigenvalue weighted by molar-refractivity contribution is 7.25. The summed E-state index contributed by atoms with van der Waals surface area (Å²) in [4.78, 5) is 0. The maximum absolute atomic E-state index is 2.48. The van der Waals surface area contributed by atoms with Crippen LogP contribution in [-0.2, 0) is 0 Å². The fourth-order valence-corrected chi connectivity index (χ4v) is 8.45. The van der Waals surface area contributed by atoms with Crippen molar-refractivity contribution in [1.82, 2.24) is 9.13 Å². The summed E-state index contributed by atoms with van der Waals surface area (Å²) in [5, 5.41) is 7.71. The Morgan fingerprint density at radius 3 is 1.89 bits per heavy atom. The van der Waals surface area contributed by atoms with Crippen molar-refractivity contribution in [2.75, 3.05) is 0 Å². The second-order valence-corrected chi connectivity index (χ2v) is 12.8. The molecule has 3 heterocycles. The number of para-hydroxylation sites is 2. The van der Waals surface area contributed by atoms with Crippen molar-refractivity contribution >= 4 is 75.1 Å². The molecule has 2 nitrogen and oxygen atoms in total. The first kappa shape index (κ1) is 24.8. The highest BCUT2D eigenvalue weighted by Gasteiger charge is 2.21. The zero-order valence-corrected chi connectivity index (χ0v) is 25.1. The summed E-state index contributed by atoms with van der Waals surface area (Å²) in [6.45, 7) is 0. The van der Waals surface area contributed by atoms with E-state index in [0.717, 1.165) is 5.69 Å². The number of thiophene rings is 1.